The number of amides is 1. The van der Waals surface area contributed by atoms with Crippen LogP contribution < -0.4 is 15.4 Å². The molecule has 0 bridgehead atoms. The van der Waals surface area contributed by atoms with E-state index in [1.807, 2.05) is 45.9 Å². The molecule has 0 spiro atoms. The van der Waals surface area contributed by atoms with E-state index in [9.17, 15) is 4.79 Å². The molecule has 5 heteroatoms. The van der Waals surface area contributed by atoms with Gasteiger partial charge in [-0.05, 0) is 46.8 Å². The highest BCUT2D eigenvalue weighted by Gasteiger charge is 2.43. The van der Waals surface area contributed by atoms with E-state index in [1.54, 1.807) is 14.0 Å². The minimum atomic E-state index is -0.981. The molecule has 2 N–H and O–H groups in total. The summed E-state index contributed by atoms with van der Waals surface area (Å²) in [7, 11) is 1.60. The summed E-state index contributed by atoms with van der Waals surface area (Å²) in [5.41, 5.74) is 0.680. The van der Waals surface area contributed by atoms with Crippen LogP contribution in [0.25, 0.3) is 0 Å². The molecule has 1 aliphatic rings. The van der Waals surface area contributed by atoms with Gasteiger partial charge in [-0.2, -0.15) is 0 Å². The highest BCUT2D eigenvalue weighted by Crippen LogP contribution is 2.36. The van der Waals surface area contributed by atoms with Gasteiger partial charge >= 0.3 is 0 Å². The molecular formula is C16H23N3O2. The Labute approximate surface area is 125 Å². The van der Waals surface area contributed by atoms with Crippen LogP contribution in [-0.2, 0) is 10.3 Å². The van der Waals surface area contributed by atoms with Gasteiger partial charge in [-0.15, -0.1) is 0 Å². The van der Waals surface area contributed by atoms with Gasteiger partial charge in [0.2, 0.25) is 0 Å². The summed E-state index contributed by atoms with van der Waals surface area (Å²) < 4.78 is 5.39. The third-order valence-electron chi connectivity index (χ3n) is 3.38. The summed E-state index contributed by atoms with van der Waals surface area (Å²) in [5, 5.41) is 6.02. The Morgan fingerprint density at radius 2 is 2.00 bits per heavy atom. The van der Waals surface area contributed by atoms with Crippen LogP contribution in [-0.4, -0.2) is 24.5 Å². The molecule has 0 fully saturated rings. The molecule has 1 heterocycles. The number of aliphatic imine (C=N–C) groups is 1. The van der Waals surface area contributed by atoms with Crippen molar-refractivity contribution in [2.75, 3.05) is 7.11 Å². The van der Waals surface area contributed by atoms with Crippen LogP contribution >= 0.6 is 0 Å². The number of benzene rings is 1. The predicted molar refractivity (Wildman–Crippen MR) is 83.5 cm³/mol. The summed E-state index contributed by atoms with van der Waals surface area (Å²) >= 11 is 0. The van der Waals surface area contributed by atoms with Gasteiger partial charge < -0.3 is 10.1 Å². The maximum atomic E-state index is 12.5. The lowest BCUT2D eigenvalue weighted by atomic mass is 9.90. The zero-order valence-corrected chi connectivity index (χ0v) is 13.5. The molecule has 1 unspecified atom stereocenters. The first-order chi connectivity index (χ1) is 9.65. The van der Waals surface area contributed by atoms with Crippen molar-refractivity contribution in [3.05, 3.63) is 29.3 Å². The van der Waals surface area contributed by atoms with Gasteiger partial charge in [0.05, 0.1) is 7.11 Å². The largest absolute Gasteiger partial charge is 0.496 e. The van der Waals surface area contributed by atoms with E-state index in [-0.39, 0.29) is 11.4 Å². The number of ether oxygens (including phenoxy) is 1. The molecule has 1 amide bonds. The van der Waals surface area contributed by atoms with Gasteiger partial charge in [0.15, 0.2) is 11.5 Å². The second-order valence-electron chi connectivity index (χ2n) is 6.57. The molecule has 0 saturated heterocycles. The SMILES string of the molecule is COc1ccc(C)cc1C1(C)N=C(NC(C)(C)C)NC1=O. The number of rotatable bonds is 2. The van der Waals surface area contributed by atoms with E-state index in [1.165, 1.54) is 0 Å². The fourth-order valence-electron chi connectivity index (χ4n) is 2.33. The van der Waals surface area contributed by atoms with Crippen LogP contribution in [0.4, 0.5) is 0 Å². The number of hydrogen-bond donors (Lipinski definition) is 2. The van der Waals surface area contributed by atoms with Crippen LogP contribution in [0, 0.1) is 6.92 Å². The molecule has 5 nitrogen and oxygen atoms in total. The van der Waals surface area contributed by atoms with Gasteiger partial charge in [0.1, 0.15) is 5.75 Å². The average Bonchev–Trinajstić information content (AvgIpc) is 2.63. The third-order valence-corrected chi connectivity index (χ3v) is 3.38. The number of carbonyl (C=O) groups is 1. The van der Waals surface area contributed by atoms with Crippen molar-refractivity contribution in [1.82, 2.24) is 10.6 Å². The smallest absolute Gasteiger partial charge is 0.259 e. The first-order valence-electron chi connectivity index (χ1n) is 7.00. The molecule has 1 aliphatic heterocycles. The molecule has 0 radical (unpaired) electrons. The summed E-state index contributed by atoms with van der Waals surface area (Å²) in [6, 6.07) is 5.77. The van der Waals surface area contributed by atoms with Gasteiger partial charge in [-0.3, -0.25) is 10.1 Å². The molecule has 2 rings (SSSR count). The zero-order chi connectivity index (χ0) is 15.8. The quantitative estimate of drug-likeness (QED) is 0.876. The standard InChI is InChI=1S/C16H23N3O2/c1-10-7-8-12(21-6)11(9-10)16(5)13(20)17-14(19-16)18-15(2,3)4/h7-9H,1-6H3,(H2,17,18,19,20). The summed E-state index contributed by atoms with van der Waals surface area (Å²) in [5.74, 6) is 1.01. The second kappa shape index (κ2) is 5.06. The lowest BCUT2D eigenvalue weighted by Crippen LogP contribution is -2.47. The first-order valence-corrected chi connectivity index (χ1v) is 7.00. The van der Waals surface area contributed by atoms with Crippen molar-refractivity contribution in [3.63, 3.8) is 0 Å². The van der Waals surface area contributed by atoms with E-state index in [4.69, 9.17) is 4.74 Å². The van der Waals surface area contributed by atoms with Gasteiger partial charge in [0, 0.05) is 11.1 Å². The maximum absolute atomic E-state index is 12.5. The van der Waals surface area contributed by atoms with Crippen LogP contribution in [0.1, 0.15) is 38.8 Å². The topological polar surface area (TPSA) is 62.7 Å². The van der Waals surface area contributed by atoms with E-state index in [0.29, 0.717) is 11.7 Å². The minimum absolute atomic E-state index is 0.154. The molecule has 1 atom stereocenters. The van der Waals surface area contributed by atoms with E-state index >= 15 is 0 Å². The van der Waals surface area contributed by atoms with E-state index < -0.39 is 5.54 Å². The summed E-state index contributed by atoms with van der Waals surface area (Å²) in [4.78, 5) is 17.0. The lowest BCUT2D eigenvalue weighted by Gasteiger charge is -2.22. The summed E-state index contributed by atoms with van der Waals surface area (Å²) in [6.45, 7) is 9.84. The first kappa shape index (κ1) is 15.4. The number of nitrogens with zero attached hydrogens (tertiary/aromatic N) is 1. The van der Waals surface area contributed by atoms with Crippen molar-refractivity contribution in [2.45, 2.75) is 45.7 Å². The highest BCUT2D eigenvalue weighted by atomic mass is 16.5. The number of carbonyl (C=O) groups excluding carboxylic acids is 1. The Kier molecular flexibility index (Phi) is 3.70. The van der Waals surface area contributed by atoms with Gasteiger partial charge in [-0.1, -0.05) is 11.6 Å². The third kappa shape index (κ3) is 3.01. The Hall–Kier alpha value is -2.04. The molecule has 0 saturated carbocycles. The van der Waals surface area contributed by atoms with Crippen molar-refractivity contribution in [2.24, 2.45) is 4.99 Å². The monoisotopic (exact) mass is 289 g/mol. The fourth-order valence-corrected chi connectivity index (χ4v) is 2.33. The lowest BCUT2D eigenvalue weighted by molar-refractivity contribution is -0.123. The zero-order valence-electron chi connectivity index (χ0n) is 13.5. The van der Waals surface area contributed by atoms with Crippen molar-refractivity contribution >= 4 is 11.9 Å². The van der Waals surface area contributed by atoms with Crippen LogP contribution in [0.15, 0.2) is 23.2 Å². The Bertz CT molecular complexity index is 602. The normalized spacial score (nSPS) is 21.8. The Balaban J connectivity index is 2.46. The second-order valence-corrected chi connectivity index (χ2v) is 6.57. The maximum Gasteiger partial charge on any atom is 0.259 e. The summed E-state index contributed by atoms with van der Waals surface area (Å²) in [6.07, 6.45) is 0. The van der Waals surface area contributed by atoms with Crippen molar-refractivity contribution < 1.29 is 9.53 Å². The number of nitrogens with one attached hydrogen (secondary N) is 2. The molecule has 0 aliphatic carbocycles. The molecule has 1 aromatic rings. The minimum Gasteiger partial charge on any atom is -0.496 e. The van der Waals surface area contributed by atoms with Crippen LogP contribution in [0.2, 0.25) is 0 Å². The van der Waals surface area contributed by atoms with Crippen molar-refractivity contribution in [1.29, 1.82) is 0 Å². The molecule has 114 valence electrons. The highest BCUT2D eigenvalue weighted by molar-refractivity contribution is 6.08. The Morgan fingerprint density at radius 1 is 1.33 bits per heavy atom. The fraction of sp³-hybridized carbons (Fsp3) is 0.500. The van der Waals surface area contributed by atoms with Crippen LogP contribution in [0.3, 0.4) is 0 Å². The van der Waals surface area contributed by atoms with Gasteiger partial charge in [-0.25, -0.2) is 4.99 Å². The molecule has 0 aromatic heterocycles. The molecular weight excluding hydrogens is 266 g/mol. The van der Waals surface area contributed by atoms with Crippen molar-refractivity contribution in [3.8, 4) is 5.75 Å². The average molecular weight is 289 g/mol. The van der Waals surface area contributed by atoms with Gasteiger partial charge in [0.25, 0.3) is 5.91 Å². The number of guanidine groups is 1. The number of methoxy groups -OCH3 is 1. The molecule has 21 heavy (non-hydrogen) atoms. The Morgan fingerprint density at radius 3 is 2.57 bits per heavy atom. The predicted octanol–water partition coefficient (Wildman–Crippen LogP) is 2.09. The van der Waals surface area contributed by atoms with E-state index in [2.05, 4.69) is 15.6 Å². The molecule has 1 aromatic carbocycles. The number of aryl methyl sites for hydroxylation is 1. The number of hydrogen-bond acceptors (Lipinski definition) is 4. The van der Waals surface area contributed by atoms with Crippen LogP contribution in [0.5, 0.6) is 5.75 Å². The van der Waals surface area contributed by atoms with E-state index in [0.717, 1.165) is 11.1 Å².